The van der Waals surface area contributed by atoms with Crippen LogP contribution in [0, 0.1) is 3.57 Å². The van der Waals surface area contributed by atoms with E-state index in [1.165, 1.54) is 0 Å². The molecule has 1 fully saturated rings. The van der Waals surface area contributed by atoms with Gasteiger partial charge in [0.2, 0.25) is 0 Å². The van der Waals surface area contributed by atoms with Crippen molar-refractivity contribution in [3.63, 3.8) is 0 Å². The van der Waals surface area contributed by atoms with E-state index in [-0.39, 0.29) is 5.91 Å². The highest BCUT2D eigenvalue weighted by molar-refractivity contribution is 14.1. The largest absolute Gasteiger partial charge is 0.388 e. The van der Waals surface area contributed by atoms with Crippen molar-refractivity contribution in [2.24, 2.45) is 0 Å². The maximum Gasteiger partial charge on any atom is 0.253 e. The molecule has 0 aromatic heterocycles. The number of rotatable bonds is 3. The molecule has 1 heterocycles. The number of amides is 1. The summed E-state index contributed by atoms with van der Waals surface area (Å²) >= 11 is 8.16. The molecule has 1 aliphatic rings. The van der Waals surface area contributed by atoms with Gasteiger partial charge < -0.3 is 14.7 Å². The first kappa shape index (κ1) is 16.0. The zero-order valence-corrected chi connectivity index (χ0v) is 14.1. The number of ether oxygens (including phenoxy) is 1. The minimum Gasteiger partial charge on any atom is -0.388 e. The van der Waals surface area contributed by atoms with E-state index < -0.39 is 5.60 Å². The van der Waals surface area contributed by atoms with Crippen molar-refractivity contribution in [3.8, 4) is 0 Å². The van der Waals surface area contributed by atoms with Gasteiger partial charge in [0, 0.05) is 48.8 Å². The monoisotopic (exact) mass is 409 g/mol. The number of hydrogen-bond acceptors (Lipinski definition) is 3. The van der Waals surface area contributed by atoms with E-state index in [0.717, 1.165) is 3.57 Å². The standard InChI is InChI=1S/C14H17ClINO3/c1-17(9-14(19)4-6-20-7-5-14)13(18)10-2-3-12(16)11(15)8-10/h2-3,8,19H,4-7,9H2,1H3. The first-order valence-corrected chi connectivity index (χ1v) is 7.88. The smallest absolute Gasteiger partial charge is 0.253 e. The molecule has 20 heavy (non-hydrogen) atoms. The predicted octanol–water partition coefficient (Wildman–Crippen LogP) is 2.56. The Bertz CT molecular complexity index is 503. The van der Waals surface area contributed by atoms with E-state index in [2.05, 4.69) is 22.6 Å². The molecule has 1 saturated heterocycles. The summed E-state index contributed by atoms with van der Waals surface area (Å²) in [5.41, 5.74) is -0.316. The minimum absolute atomic E-state index is 0.136. The van der Waals surface area contributed by atoms with Crippen molar-refractivity contribution in [2.75, 3.05) is 26.8 Å². The van der Waals surface area contributed by atoms with Crippen molar-refractivity contribution in [2.45, 2.75) is 18.4 Å². The molecule has 0 atom stereocenters. The van der Waals surface area contributed by atoms with Crippen LogP contribution in [0.3, 0.4) is 0 Å². The van der Waals surface area contributed by atoms with E-state index in [9.17, 15) is 9.90 Å². The Balaban J connectivity index is 2.06. The number of carbonyl (C=O) groups excluding carboxylic acids is 1. The Labute approximate surface area is 137 Å². The first-order valence-electron chi connectivity index (χ1n) is 6.42. The molecule has 110 valence electrons. The third-order valence-electron chi connectivity index (χ3n) is 3.47. The molecule has 4 nitrogen and oxygen atoms in total. The summed E-state index contributed by atoms with van der Waals surface area (Å²) in [6.07, 6.45) is 1.11. The van der Waals surface area contributed by atoms with E-state index in [1.54, 1.807) is 24.1 Å². The van der Waals surface area contributed by atoms with E-state index in [0.29, 0.717) is 43.2 Å². The second kappa shape index (κ2) is 6.60. The van der Waals surface area contributed by atoms with Crippen LogP contribution in [-0.4, -0.2) is 48.3 Å². The van der Waals surface area contributed by atoms with Crippen LogP contribution in [0.25, 0.3) is 0 Å². The van der Waals surface area contributed by atoms with Gasteiger partial charge in [0.05, 0.1) is 10.6 Å². The molecule has 0 bridgehead atoms. The Morgan fingerprint density at radius 1 is 1.50 bits per heavy atom. The lowest BCUT2D eigenvalue weighted by atomic mass is 9.94. The highest BCUT2D eigenvalue weighted by Crippen LogP contribution is 2.23. The van der Waals surface area contributed by atoms with Gasteiger partial charge in [-0.2, -0.15) is 0 Å². The molecule has 1 aromatic rings. The van der Waals surface area contributed by atoms with Gasteiger partial charge in [-0.05, 0) is 40.8 Å². The molecule has 1 aromatic carbocycles. The van der Waals surface area contributed by atoms with E-state index in [4.69, 9.17) is 16.3 Å². The maximum absolute atomic E-state index is 12.3. The summed E-state index contributed by atoms with van der Waals surface area (Å²) in [4.78, 5) is 13.9. The fourth-order valence-corrected chi connectivity index (χ4v) is 2.79. The van der Waals surface area contributed by atoms with Gasteiger partial charge in [-0.25, -0.2) is 0 Å². The van der Waals surface area contributed by atoms with Crippen LogP contribution >= 0.6 is 34.2 Å². The topological polar surface area (TPSA) is 49.8 Å². The summed E-state index contributed by atoms with van der Waals surface area (Å²) < 4.78 is 6.15. The second-order valence-electron chi connectivity index (χ2n) is 5.13. The number of aliphatic hydroxyl groups is 1. The van der Waals surface area contributed by atoms with Gasteiger partial charge in [0.15, 0.2) is 0 Å². The van der Waals surface area contributed by atoms with Gasteiger partial charge in [0.1, 0.15) is 0 Å². The van der Waals surface area contributed by atoms with Gasteiger partial charge in [-0.3, -0.25) is 4.79 Å². The molecule has 1 aliphatic heterocycles. The van der Waals surface area contributed by atoms with Crippen LogP contribution in [0.2, 0.25) is 5.02 Å². The summed E-state index contributed by atoms with van der Waals surface area (Å²) in [6.45, 7) is 1.38. The van der Waals surface area contributed by atoms with Crippen LogP contribution in [0.4, 0.5) is 0 Å². The number of carbonyl (C=O) groups is 1. The summed E-state index contributed by atoms with van der Waals surface area (Å²) in [6, 6.07) is 5.23. The normalized spacial score (nSPS) is 17.8. The summed E-state index contributed by atoms with van der Waals surface area (Å²) in [5.74, 6) is -0.136. The Kier molecular flexibility index (Phi) is 5.28. The van der Waals surface area contributed by atoms with Gasteiger partial charge in [-0.1, -0.05) is 11.6 Å². The summed E-state index contributed by atoms with van der Waals surface area (Å²) in [7, 11) is 1.70. The third-order valence-corrected chi connectivity index (χ3v) is 5.04. The molecule has 1 N–H and O–H groups in total. The average Bonchev–Trinajstić information content (AvgIpc) is 2.41. The van der Waals surface area contributed by atoms with Crippen LogP contribution in [0.5, 0.6) is 0 Å². The average molecular weight is 410 g/mol. The molecule has 0 aliphatic carbocycles. The van der Waals surface area contributed by atoms with Crippen molar-refractivity contribution in [3.05, 3.63) is 32.4 Å². The van der Waals surface area contributed by atoms with Crippen LogP contribution in [-0.2, 0) is 4.74 Å². The number of benzene rings is 1. The van der Waals surface area contributed by atoms with Crippen molar-refractivity contribution in [1.82, 2.24) is 4.90 Å². The van der Waals surface area contributed by atoms with Gasteiger partial charge >= 0.3 is 0 Å². The zero-order valence-electron chi connectivity index (χ0n) is 11.2. The highest BCUT2D eigenvalue weighted by Gasteiger charge is 2.32. The quantitative estimate of drug-likeness (QED) is 0.781. The van der Waals surface area contributed by atoms with Crippen LogP contribution in [0.1, 0.15) is 23.2 Å². The second-order valence-corrected chi connectivity index (χ2v) is 6.70. The van der Waals surface area contributed by atoms with Crippen LogP contribution in [0.15, 0.2) is 18.2 Å². The van der Waals surface area contributed by atoms with Crippen molar-refractivity contribution >= 4 is 40.1 Å². The van der Waals surface area contributed by atoms with Crippen molar-refractivity contribution < 1.29 is 14.6 Å². The molecule has 2 rings (SSSR count). The molecular weight excluding hydrogens is 393 g/mol. The molecule has 1 amide bonds. The fourth-order valence-electron chi connectivity index (χ4n) is 2.27. The predicted molar refractivity (Wildman–Crippen MR) is 86.1 cm³/mol. The number of nitrogens with zero attached hydrogens (tertiary/aromatic N) is 1. The van der Waals surface area contributed by atoms with Crippen molar-refractivity contribution in [1.29, 1.82) is 0 Å². The molecule has 0 radical (unpaired) electrons. The first-order chi connectivity index (χ1) is 9.41. The Morgan fingerprint density at radius 2 is 2.15 bits per heavy atom. The number of halogens is 2. The van der Waals surface area contributed by atoms with Crippen LogP contribution < -0.4 is 0 Å². The minimum atomic E-state index is -0.852. The SMILES string of the molecule is CN(CC1(O)CCOCC1)C(=O)c1ccc(I)c(Cl)c1. The molecule has 0 spiro atoms. The Morgan fingerprint density at radius 3 is 2.75 bits per heavy atom. The highest BCUT2D eigenvalue weighted by atomic mass is 127. The lowest BCUT2D eigenvalue weighted by Gasteiger charge is -2.35. The molecule has 0 unspecified atom stereocenters. The molecular formula is C14H17ClINO3. The Hall–Kier alpha value is -0.370. The van der Waals surface area contributed by atoms with E-state index >= 15 is 0 Å². The van der Waals surface area contributed by atoms with E-state index in [1.807, 2.05) is 6.07 Å². The lowest BCUT2D eigenvalue weighted by molar-refractivity contribution is -0.0734. The molecule has 0 saturated carbocycles. The lowest BCUT2D eigenvalue weighted by Crippen LogP contribution is -2.47. The number of likely N-dealkylation sites (N-methyl/N-ethyl adjacent to an activating group) is 1. The van der Waals surface area contributed by atoms with Gasteiger partial charge in [0.25, 0.3) is 5.91 Å². The zero-order chi connectivity index (χ0) is 14.8. The fraction of sp³-hybridized carbons (Fsp3) is 0.500. The maximum atomic E-state index is 12.3. The number of hydrogen-bond donors (Lipinski definition) is 1. The third kappa shape index (κ3) is 3.84. The summed E-state index contributed by atoms with van der Waals surface area (Å²) in [5, 5.41) is 11.0. The molecule has 6 heteroatoms. The van der Waals surface area contributed by atoms with Gasteiger partial charge in [-0.15, -0.1) is 0 Å².